The molecule has 0 saturated heterocycles. The second-order valence-corrected chi connectivity index (χ2v) is 4.33. The number of aromatic nitrogens is 2. The highest BCUT2D eigenvalue weighted by atomic mass is 16.5. The van der Waals surface area contributed by atoms with E-state index in [4.69, 9.17) is 10.5 Å². The SMILES string of the molecule is Nc1ccn([C@H]2O[C@@H](CO)c3ccccc32)c(=O)n1. The van der Waals surface area contributed by atoms with Gasteiger partial charge < -0.3 is 15.6 Å². The van der Waals surface area contributed by atoms with Gasteiger partial charge in [0.15, 0.2) is 6.23 Å². The van der Waals surface area contributed by atoms with Crippen LogP contribution in [0.1, 0.15) is 23.5 Å². The van der Waals surface area contributed by atoms with Crippen LogP contribution in [0.5, 0.6) is 0 Å². The molecule has 6 nitrogen and oxygen atoms in total. The third-order valence-corrected chi connectivity index (χ3v) is 3.17. The minimum absolute atomic E-state index is 0.134. The lowest BCUT2D eigenvalue weighted by Gasteiger charge is -2.15. The highest BCUT2D eigenvalue weighted by Crippen LogP contribution is 2.38. The minimum atomic E-state index is -0.575. The van der Waals surface area contributed by atoms with Crippen LogP contribution in [0.2, 0.25) is 0 Å². The maximum absolute atomic E-state index is 11.9. The van der Waals surface area contributed by atoms with Gasteiger partial charge in [0.2, 0.25) is 0 Å². The van der Waals surface area contributed by atoms with Crippen LogP contribution < -0.4 is 11.4 Å². The monoisotopic (exact) mass is 259 g/mol. The van der Waals surface area contributed by atoms with E-state index in [-0.39, 0.29) is 12.4 Å². The molecule has 2 atom stereocenters. The van der Waals surface area contributed by atoms with E-state index < -0.39 is 18.0 Å². The zero-order valence-corrected chi connectivity index (χ0v) is 10.1. The van der Waals surface area contributed by atoms with Gasteiger partial charge in [0, 0.05) is 11.8 Å². The summed E-state index contributed by atoms with van der Waals surface area (Å²) in [5.41, 5.74) is 6.74. The van der Waals surface area contributed by atoms with Gasteiger partial charge in [-0.3, -0.25) is 4.57 Å². The summed E-state index contributed by atoms with van der Waals surface area (Å²) in [6.45, 7) is -0.134. The van der Waals surface area contributed by atoms with Crippen molar-refractivity contribution in [2.24, 2.45) is 0 Å². The standard InChI is InChI=1S/C13H13N3O3/c14-11-5-6-16(13(18)15-11)12-9-4-2-1-3-8(9)10(7-17)19-12/h1-6,10,12,17H,7H2,(H2,14,15,18)/t10-,12-/m0/s1. The average Bonchev–Trinajstić information content (AvgIpc) is 2.78. The van der Waals surface area contributed by atoms with Crippen molar-refractivity contribution in [1.29, 1.82) is 0 Å². The fraction of sp³-hybridized carbons (Fsp3) is 0.231. The molecule has 0 bridgehead atoms. The molecule has 0 unspecified atom stereocenters. The Balaban J connectivity index is 2.10. The molecule has 3 rings (SSSR count). The Morgan fingerprint density at radius 2 is 2.05 bits per heavy atom. The third kappa shape index (κ3) is 1.91. The van der Waals surface area contributed by atoms with E-state index in [0.717, 1.165) is 11.1 Å². The maximum Gasteiger partial charge on any atom is 0.351 e. The molecule has 0 saturated carbocycles. The van der Waals surface area contributed by atoms with Crippen LogP contribution >= 0.6 is 0 Å². The first-order valence-corrected chi connectivity index (χ1v) is 5.90. The molecule has 3 N–H and O–H groups in total. The highest BCUT2D eigenvalue weighted by Gasteiger charge is 2.32. The summed E-state index contributed by atoms with van der Waals surface area (Å²) in [7, 11) is 0. The van der Waals surface area contributed by atoms with Gasteiger partial charge in [-0.15, -0.1) is 0 Å². The number of aliphatic hydroxyl groups is 1. The van der Waals surface area contributed by atoms with Crippen LogP contribution in [-0.2, 0) is 4.74 Å². The first-order valence-electron chi connectivity index (χ1n) is 5.90. The van der Waals surface area contributed by atoms with E-state index in [1.807, 2.05) is 24.3 Å². The first kappa shape index (κ1) is 11.9. The zero-order chi connectivity index (χ0) is 13.4. The van der Waals surface area contributed by atoms with Gasteiger partial charge >= 0.3 is 5.69 Å². The van der Waals surface area contributed by atoms with Crippen molar-refractivity contribution in [3.63, 3.8) is 0 Å². The van der Waals surface area contributed by atoms with E-state index in [1.54, 1.807) is 12.3 Å². The van der Waals surface area contributed by atoms with Crippen LogP contribution in [0, 0.1) is 0 Å². The van der Waals surface area contributed by atoms with Crippen molar-refractivity contribution >= 4 is 5.82 Å². The normalized spacial score (nSPS) is 21.3. The number of benzene rings is 1. The van der Waals surface area contributed by atoms with Gasteiger partial charge in [-0.05, 0) is 11.6 Å². The molecule has 19 heavy (non-hydrogen) atoms. The van der Waals surface area contributed by atoms with E-state index in [1.165, 1.54) is 4.57 Å². The number of hydrogen-bond donors (Lipinski definition) is 2. The summed E-state index contributed by atoms with van der Waals surface area (Å²) in [5, 5.41) is 9.34. The molecule has 1 aliphatic heterocycles. The number of hydrogen-bond acceptors (Lipinski definition) is 5. The minimum Gasteiger partial charge on any atom is -0.393 e. The van der Waals surface area contributed by atoms with Gasteiger partial charge in [0.25, 0.3) is 0 Å². The summed E-state index contributed by atoms with van der Waals surface area (Å²) < 4.78 is 7.09. The molecule has 6 heteroatoms. The maximum atomic E-state index is 11.9. The predicted molar refractivity (Wildman–Crippen MR) is 68.4 cm³/mol. The van der Waals surface area contributed by atoms with E-state index >= 15 is 0 Å². The number of anilines is 1. The molecule has 0 radical (unpaired) electrons. The Labute approximate surface area is 109 Å². The lowest BCUT2D eigenvalue weighted by atomic mass is 10.0. The molecule has 1 aliphatic rings. The average molecular weight is 259 g/mol. The van der Waals surface area contributed by atoms with Crippen molar-refractivity contribution < 1.29 is 9.84 Å². The lowest BCUT2D eigenvalue weighted by molar-refractivity contribution is -0.0340. The van der Waals surface area contributed by atoms with E-state index in [9.17, 15) is 9.90 Å². The third-order valence-electron chi connectivity index (χ3n) is 3.17. The van der Waals surface area contributed by atoms with Crippen LogP contribution in [-0.4, -0.2) is 21.3 Å². The number of ether oxygens (including phenoxy) is 1. The second-order valence-electron chi connectivity index (χ2n) is 4.33. The van der Waals surface area contributed by atoms with Crippen molar-refractivity contribution in [3.05, 3.63) is 58.1 Å². The van der Waals surface area contributed by atoms with Crippen LogP contribution in [0.3, 0.4) is 0 Å². The summed E-state index contributed by atoms with van der Waals surface area (Å²) >= 11 is 0. The van der Waals surface area contributed by atoms with Gasteiger partial charge in [-0.1, -0.05) is 24.3 Å². The number of nitrogens with zero attached hydrogens (tertiary/aromatic N) is 2. The predicted octanol–water partition coefficient (Wildman–Crippen LogP) is 0.436. The summed E-state index contributed by atoms with van der Waals surface area (Å²) in [4.78, 5) is 15.5. The Bertz CT molecular complexity index is 668. The Morgan fingerprint density at radius 3 is 2.74 bits per heavy atom. The Morgan fingerprint density at radius 1 is 1.32 bits per heavy atom. The lowest BCUT2D eigenvalue weighted by Crippen LogP contribution is -2.27. The van der Waals surface area contributed by atoms with Gasteiger partial charge in [-0.2, -0.15) is 4.98 Å². The first-order chi connectivity index (χ1) is 9.20. The quantitative estimate of drug-likeness (QED) is 0.816. The largest absolute Gasteiger partial charge is 0.393 e. The molecule has 0 spiro atoms. The molecule has 1 aromatic heterocycles. The number of nitrogens with two attached hydrogens (primary N) is 1. The highest BCUT2D eigenvalue weighted by molar-refractivity contribution is 5.35. The van der Waals surface area contributed by atoms with Crippen LogP contribution in [0.25, 0.3) is 0 Å². The number of fused-ring (bicyclic) bond motifs is 1. The molecule has 0 amide bonds. The van der Waals surface area contributed by atoms with Crippen molar-refractivity contribution in [3.8, 4) is 0 Å². The summed E-state index contributed by atoms with van der Waals surface area (Å²) in [6.07, 6.45) is 0.547. The molecule has 2 heterocycles. The molecule has 98 valence electrons. The topological polar surface area (TPSA) is 90.4 Å². The van der Waals surface area contributed by atoms with E-state index in [2.05, 4.69) is 4.98 Å². The summed E-state index contributed by atoms with van der Waals surface area (Å²) in [5.74, 6) is 0.172. The van der Waals surface area contributed by atoms with Gasteiger partial charge in [-0.25, -0.2) is 4.79 Å². The van der Waals surface area contributed by atoms with Crippen LogP contribution in [0.4, 0.5) is 5.82 Å². The van der Waals surface area contributed by atoms with Crippen molar-refractivity contribution in [2.75, 3.05) is 12.3 Å². The Hall–Kier alpha value is -2.18. The zero-order valence-electron chi connectivity index (χ0n) is 10.1. The van der Waals surface area contributed by atoms with Gasteiger partial charge in [0.1, 0.15) is 11.9 Å². The molecule has 0 fully saturated rings. The number of aliphatic hydroxyl groups excluding tert-OH is 1. The van der Waals surface area contributed by atoms with Gasteiger partial charge in [0.05, 0.1) is 6.61 Å². The van der Waals surface area contributed by atoms with E-state index in [0.29, 0.717) is 0 Å². The smallest absolute Gasteiger partial charge is 0.351 e. The molecular formula is C13H13N3O3. The molecule has 1 aromatic carbocycles. The number of rotatable bonds is 2. The van der Waals surface area contributed by atoms with Crippen LogP contribution in [0.15, 0.2) is 41.3 Å². The Kier molecular flexibility index (Phi) is 2.81. The van der Waals surface area contributed by atoms with Crippen molar-refractivity contribution in [2.45, 2.75) is 12.3 Å². The molecular weight excluding hydrogens is 246 g/mol. The fourth-order valence-corrected chi connectivity index (χ4v) is 2.29. The summed E-state index contributed by atoms with van der Waals surface area (Å²) in [6, 6.07) is 9.03. The molecule has 0 aliphatic carbocycles. The second kappa shape index (κ2) is 4.49. The number of nitrogen functional groups attached to an aromatic ring is 1. The molecule has 2 aromatic rings. The van der Waals surface area contributed by atoms with Crippen molar-refractivity contribution in [1.82, 2.24) is 9.55 Å². The fourth-order valence-electron chi connectivity index (χ4n) is 2.29.